The minimum atomic E-state index is -1.58. The molecule has 2 rings (SSSR count). The SMILES string of the molecule is CC[Si](C)([C]1C=CC=C1C(C)(C)C)c1ccccc1. The molecule has 1 aromatic rings. The highest BCUT2D eigenvalue weighted by Gasteiger charge is 2.41. The molecule has 0 heterocycles. The lowest BCUT2D eigenvalue weighted by Crippen LogP contribution is -2.50. The maximum absolute atomic E-state index is 2.51. The van der Waals surface area contributed by atoms with Crippen molar-refractivity contribution in [1.82, 2.24) is 0 Å². The van der Waals surface area contributed by atoms with Gasteiger partial charge in [-0.2, -0.15) is 0 Å². The molecule has 1 aliphatic rings. The van der Waals surface area contributed by atoms with E-state index >= 15 is 0 Å². The average Bonchev–Trinajstić information content (AvgIpc) is 2.88. The van der Waals surface area contributed by atoms with Crippen LogP contribution in [-0.4, -0.2) is 8.07 Å². The Kier molecular flexibility index (Phi) is 3.87. The minimum absolute atomic E-state index is 0.233. The molecule has 0 amide bonds. The molecule has 101 valence electrons. The van der Waals surface area contributed by atoms with E-state index in [9.17, 15) is 0 Å². The maximum atomic E-state index is 2.51. The molecular weight excluding hydrogens is 244 g/mol. The molecule has 0 N–H and O–H groups in total. The van der Waals surface area contributed by atoms with E-state index < -0.39 is 8.07 Å². The van der Waals surface area contributed by atoms with Gasteiger partial charge >= 0.3 is 0 Å². The number of rotatable bonds is 3. The maximum Gasteiger partial charge on any atom is 0.0989 e. The van der Waals surface area contributed by atoms with Crippen molar-refractivity contribution in [2.45, 2.75) is 40.3 Å². The van der Waals surface area contributed by atoms with E-state index in [1.54, 1.807) is 10.7 Å². The Morgan fingerprint density at radius 1 is 1.05 bits per heavy atom. The Hall–Kier alpha value is -1.08. The van der Waals surface area contributed by atoms with Crippen molar-refractivity contribution >= 4 is 13.3 Å². The molecule has 1 aliphatic carbocycles. The number of benzene rings is 1. The molecule has 19 heavy (non-hydrogen) atoms. The van der Waals surface area contributed by atoms with Crippen LogP contribution in [-0.2, 0) is 0 Å². The summed E-state index contributed by atoms with van der Waals surface area (Å²) in [4.78, 5) is 0. The third-order valence-corrected chi connectivity index (χ3v) is 8.98. The van der Waals surface area contributed by atoms with Gasteiger partial charge in [0.2, 0.25) is 0 Å². The van der Waals surface area contributed by atoms with Gasteiger partial charge in [0.05, 0.1) is 8.07 Å². The summed E-state index contributed by atoms with van der Waals surface area (Å²) in [6.07, 6.45) is 6.92. The highest BCUT2D eigenvalue weighted by molar-refractivity contribution is 6.96. The van der Waals surface area contributed by atoms with Gasteiger partial charge in [0, 0.05) is 5.54 Å². The lowest BCUT2D eigenvalue weighted by atomic mass is 9.85. The summed E-state index contributed by atoms with van der Waals surface area (Å²) in [6.45, 7) is 11.8. The monoisotopic (exact) mass is 269 g/mol. The molecule has 1 heteroatoms. The second-order valence-corrected chi connectivity index (χ2v) is 11.1. The Labute approximate surface area is 119 Å². The molecule has 0 spiro atoms. The third kappa shape index (κ3) is 2.62. The van der Waals surface area contributed by atoms with Crippen LogP contribution in [0.3, 0.4) is 0 Å². The van der Waals surface area contributed by atoms with Gasteiger partial charge < -0.3 is 0 Å². The summed E-state index contributed by atoms with van der Waals surface area (Å²) in [7, 11) is -1.58. The molecule has 0 saturated heterocycles. The molecule has 1 atom stereocenters. The zero-order valence-corrected chi connectivity index (χ0v) is 13.8. The first kappa shape index (κ1) is 14.3. The van der Waals surface area contributed by atoms with Crippen LogP contribution in [0.4, 0.5) is 0 Å². The standard InChI is InChI=1S/C18H25Si/c1-6-19(5,15-11-8-7-9-12-15)17-14-10-13-16(17)18(2,3)4/h7-14H,6H2,1-5H3. The van der Waals surface area contributed by atoms with Gasteiger partial charge in [0.1, 0.15) is 0 Å². The normalized spacial score (nSPS) is 19.3. The molecule has 1 unspecified atom stereocenters. The summed E-state index contributed by atoms with van der Waals surface area (Å²) < 4.78 is 0. The fraction of sp³-hybridized carbons (Fsp3) is 0.389. The zero-order chi connectivity index (χ0) is 14.1. The van der Waals surface area contributed by atoms with Crippen LogP contribution in [0.5, 0.6) is 0 Å². The lowest BCUT2D eigenvalue weighted by molar-refractivity contribution is 0.509. The highest BCUT2D eigenvalue weighted by atomic mass is 28.3. The van der Waals surface area contributed by atoms with E-state index in [0.29, 0.717) is 0 Å². The smallest absolute Gasteiger partial charge is 0.0757 e. The molecular formula is C18H25Si. The summed E-state index contributed by atoms with van der Waals surface area (Å²) in [5, 5.41) is 1.55. The first-order chi connectivity index (χ1) is 8.89. The van der Waals surface area contributed by atoms with Crippen LogP contribution < -0.4 is 5.19 Å². The predicted molar refractivity (Wildman–Crippen MR) is 88.1 cm³/mol. The van der Waals surface area contributed by atoms with Crippen molar-refractivity contribution in [3.8, 4) is 0 Å². The van der Waals surface area contributed by atoms with Crippen LogP contribution >= 0.6 is 0 Å². The van der Waals surface area contributed by atoms with Crippen LogP contribution in [0.1, 0.15) is 27.7 Å². The van der Waals surface area contributed by atoms with Crippen LogP contribution in [0, 0.1) is 11.0 Å². The Morgan fingerprint density at radius 2 is 1.68 bits per heavy atom. The van der Waals surface area contributed by atoms with Gasteiger partial charge in [-0.15, -0.1) is 0 Å². The van der Waals surface area contributed by atoms with Crippen LogP contribution in [0.25, 0.3) is 0 Å². The van der Waals surface area contributed by atoms with Gasteiger partial charge in [-0.3, -0.25) is 0 Å². The van der Waals surface area contributed by atoms with Crippen molar-refractivity contribution in [2.24, 2.45) is 5.41 Å². The number of hydrogen-bond acceptors (Lipinski definition) is 0. The number of allylic oxidation sites excluding steroid dienone is 4. The molecule has 0 aromatic heterocycles. The minimum Gasteiger partial charge on any atom is -0.0757 e. The van der Waals surface area contributed by atoms with E-state index in [-0.39, 0.29) is 5.41 Å². The third-order valence-electron chi connectivity index (χ3n) is 4.34. The lowest BCUT2D eigenvalue weighted by Gasteiger charge is -2.38. The molecule has 0 nitrogen and oxygen atoms in total. The van der Waals surface area contributed by atoms with E-state index in [0.717, 1.165) is 0 Å². The first-order valence-electron chi connectivity index (χ1n) is 7.22. The van der Waals surface area contributed by atoms with E-state index in [2.05, 4.69) is 82.8 Å². The molecule has 1 aromatic carbocycles. The largest absolute Gasteiger partial charge is 0.0989 e. The van der Waals surface area contributed by atoms with Crippen LogP contribution in [0.15, 0.2) is 54.1 Å². The van der Waals surface area contributed by atoms with E-state index in [1.807, 2.05) is 0 Å². The topological polar surface area (TPSA) is 0 Å². The van der Waals surface area contributed by atoms with Gasteiger partial charge in [0.25, 0.3) is 0 Å². The fourth-order valence-corrected chi connectivity index (χ4v) is 6.46. The van der Waals surface area contributed by atoms with Crippen molar-refractivity contribution < 1.29 is 0 Å². The molecule has 1 radical (unpaired) electrons. The van der Waals surface area contributed by atoms with Crippen LogP contribution in [0.2, 0.25) is 12.6 Å². The summed E-state index contributed by atoms with van der Waals surface area (Å²) in [5.41, 5.74) is 3.39. The fourth-order valence-electron chi connectivity index (χ4n) is 2.91. The summed E-state index contributed by atoms with van der Waals surface area (Å²) >= 11 is 0. The van der Waals surface area contributed by atoms with Gasteiger partial charge in [-0.1, -0.05) is 99.6 Å². The van der Waals surface area contributed by atoms with Gasteiger partial charge in [-0.25, -0.2) is 0 Å². The second kappa shape index (κ2) is 5.13. The Morgan fingerprint density at radius 3 is 2.21 bits per heavy atom. The van der Waals surface area contributed by atoms with Crippen molar-refractivity contribution in [3.05, 3.63) is 59.7 Å². The van der Waals surface area contributed by atoms with E-state index in [4.69, 9.17) is 0 Å². The number of hydrogen-bond donors (Lipinski definition) is 0. The quantitative estimate of drug-likeness (QED) is 0.701. The Balaban J connectivity index is 2.43. The van der Waals surface area contributed by atoms with Crippen molar-refractivity contribution in [3.63, 3.8) is 0 Å². The van der Waals surface area contributed by atoms with E-state index in [1.165, 1.54) is 11.6 Å². The van der Waals surface area contributed by atoms with Crippen molar-refractivity contribution in [1.29, 1.82) is 0 Å². The molecule has 0 aliphatic heterocycles. The molecule has 0 saturated carbocycles. The van der Waals surface area contributed by atoms with Gasteiger partial charge in [-0.05, 0) is 5.41 Å². The molecule has 0 fully saturated rings. The average molecular weight is 269 g/mol. The summed E-state index contributed by atoms with van der Waals surface area (Å²) in [5.74, 6) is 0. The molecule has 0 bridgehead atoms. The Bertz CT molecular complexity index is 490. The second-order valence-electron chi connectivity index (χ2n) is 6.65. The summed E-state index contributed by atoms with van der Waals surface area (Å²) in [6, 6.07) is 12.4. The zero-order valence-electron chi connectivity index (χ0n) is 12.8. The highest BCUT2D eigenvalue weighted by Crippen LogP contribution is 2.42. The van der Waals surface area contributed by atoms with Crippen molar-refractivity contribution in [2.75, 3.05) is 0 Å². The first-order valence-corrected chi connectivity index (χ1v) is 9.92. The predicted octanol–water partition coefficient (Wildman–Crippen LogP) is 4.65. The van der Waals surface area contributed by atoms with Gasteiger partial charge in [0.15, 0.2) is 0 Å².